The van der Waals surface area contributed by atoms with Crippen molar-refractivity contribution in [1.29, 1.82) is 0 Å². The highest BCUT2D eigenvalue weighted by atomic mass is 16.6. The highest BCUT2D eigenvalue weighted by Crippen LogP contribution is 2.20. The zero-order chi connectivity index (χ0) is 18.2. The fourth-order valence-corrected chi connectivity index (χ4v) is 1.97. The molecule has 0 aromatic heterocycles. The van der Waals surface area contributed by atoms with E-state index in [9.17, 15) is 14.9 Å². The van der Waals surface area contributed by atoms with E-state index in [-0.39, 0.29) is 11.6 Å². The molecule has 1 amide bonds. The van der Waals surface area contributed by atoms with Crippen LogP contribution in [-0.4, -0.2) is 23.5 Å². The number of amides is 1. The van der Waals surface area contributed by atoms with Crippen LogP contribution < -0.4 is 14.8 Å². The molecule has 7 nitrogen and oxygen atoms in total. The lowest BCUT2D eigenvalue weighted by Crippen LogP contribution is -2.30. The van der Waals surface area contributed by atoms with E-state index in [0.717, 1.165) is 0 Å². The van der Waals surface area contributed by atoms with Gasteiger partial charge >= 0.3 is 0 Å². The van der Waals surface area contributed by atoms with Gasteiger partial charge in [-0.1, -0.05) is 18.7 Å². The molecule has 0 saturated carbocycles. The van der Waals surface area contributed by atoms with Crippen molar-refractivity contribution < 1.29 is 19.2 Å². The van der Waals surface area contributed by atoms with E-state index in [1.807, 2.05) is 0 Å². The van der Waals surface area contributed by atoms with Gasteiger partial charge in [-0.25, -0.2) is 0 Å². The Bertz CT molecular complexity index is 758. The maximum atomic E-state index is 12.2. The first kappa shape index (κ1) is 18.0. The van der Waals surface area contributed by atoms with Crippen LogP contribution in [0.3, 0.4) is 0 Å². The number of benzene rings is 2. The van der Waals surface area contributed by atoms with Crippen molar-refractivity contribution in [2.45, 2.75) is 13.0 Å². The average Bonchev–Trinajstić information content (AvgIpc) is 2.60. The average molecular weight is 342 g/mol. The van der Waals surface area contributed by atoms with E-state index in [1.54, 1.807) is 37.3 Å². The fraction of sp³-hybridized carbons (Fsp3) is 0.167. The molecular formula is C18H18N2O5. The van der Waals surface area contributed by atoms with Gasteiger partial charge in [0.05, 0.1) is 4.92 Å². The fourth-order valence-electron chi connectivity index (χ4n) is 1.97. The number of nitrogens with zero attached hydrogens (tertiary/aromatic N) is 1. The lowest BCUT2D eigenvalue weighted by molar-refractivity contribution is -0.384. The Morgan fingerprint density at radius 1 is 1.28 bits per heavy atom. The molecule has 2 aromatic carbocycles. The Morgan fingerprint density at radius 2 is 2.00 bits per heavy atom. The van der Waals surface area contributed by atoms with Crippen LogP contribution in [0.1, 0.15) is 6.92 Å². The quantitative estimate of drug-likeness (QED) is 0.450. The standard InChI is InChI=1S/C18H18N2O5/c1-3-11-24-17-6-4-5-14(12-17)19-18(21)13(2)25-16-9-7-15(8-10-16)20(22)23/h3-10,12-13H,1,11H2,2H3,(H,19,21). The second-order valence-electron chi connectivity index (χ2n) is 5.13. The van der Waals surface area contributed by atoms with Gasteiger partial charge in [0.15, 0.2) is 6.10 Å². The van der Waals surface area contributed by atoms with Crippen molar-refractivity contribution in [3.63, 3.8) is 0 Å². The van der Waals surface area contributed by atoms with Crippen LogP contribution in [0.2, 0.25) is 0 Å². The summed E-state index contributed by atoms with van der Waals surface area (Å²) in [5, 5.41) is 13.4. The number of hydrogen-bond acceptors (Lipinski definition) is 5. The number of nitrogens with one attached hydrogen (secondary N) is 1. The van der Waals surface area contributed by atoms with E-state index in [0.29, 0.717) is 23.8 Å². The van der Waals surface area contributed by atoms with Gasteiger partial charge in [0, 0.05) is 23.9 Å². The first-order chi connectivity index (χ1) is 12.0. The first-order valence-electron chi connectivity index (χ1n) is 7.55. The zero-order valence-electron chi connectivity index (χ0n) is 13.7. The number of nitro groups is 1. The van der Waals surface area contributed by atoms with Crippen molar-refractivity contribution in [2.75, 3.05) is 11.9 Å². The molecule has 1 N–H and O–H groups in total. The van der Waals surface area contributed by atoms with E-state index in [1.165, 1.54) is 24.3 Å². The summed E-state index contributed by atoms with van der Waals surface area (Å²) in [5.41, 5.74) is 0.534. The molecule has 0 radical (unpaired) electrons. The van der Waals surface area contributed by atoms with E-state index in [2.05, 4.69) is 11.9 Å². The smallest absolute Gasteiger partial charge is 0.269 e. The third kappa shape index (κ3) is 5.35. The molecule has 1 unspecified atom stereocenters. The summed E-state index contributed by atoms with van der Waals surface area (Å²) >= 11 is 0. The minimum atomic E-state index is -0.779. The van der Waals surface area contributed by atoms with Gasteiger partial charge < -0.3 is 14.8 Å². The second-order valence-corrected chi connectivity index (χ2v) is 5.13. The van der Waals surface area contributed by atoms with Crippen molar-refractivity contribution >= 4 is 17.3 Å². The molecule has 130 valence electrons. The number of rotatable bonds is 8. The number of nitro benzene ring substituents is 1. The van der Waals surface area contributed by atoms with Crippen LogP contribution in [0.5, 0.6) is 11.5 Å². The SMILES string of the molecule is C=CCOc1cccc(NC(=O)C(C)Oc2ccc([N+](=O)[O-])cc2)c1. The summed E-state index contributed by atoms with van der Waals surface area (Å²) in [6.45, 7) is 5.54. The molecule has 0 bridgehead atoms. The van der Waals surface area contributed by atoms with E-state index in [4.69, 9.17) is 9.47 Å². The Hall–Kier alpha value is -3.35. The molecule has 0 spiro atoms. The van der Waals surface area contributed by atoms with Gasteiger partial charge in [0.2, 0.25) is 0 Å². The van der Waals surface area contributed by atoms with Crippen molar-refractivity contribution in [3.8, 4) is 11.5 Å². The van der Waals surface area contributed by atoms with Crippen LogP contribution in [-0.2, 0) is 4.79 Å². The maximum absolute atomic E-state index is 12.2. The van der Waals surface area contributed by atoms with Crippen LogP contribution in [0.25, 0.3) is 0 Å². The first-order valence-corrected chi connectivity index (χ1v) is 7.55. The molecule has 0 saturated heterocycles. The molecular weight excluding hydrogens is 324 g/mol. The number of anilines is 1. The van der Waals surface area contributed by atoms with Crippen molar-refractivity contribution in [2.24, 2.45) is 0 Å². The number of non-ortho nitro benzene ring substituents is 1. The van der Waals surface area contributed by atoms with Gasteiger partial charge in [-0.15, -0.1) is 0 Å². The predicted molar refractivity (Wildman–Crippen MR) is 94.0 cm³/mol. The van der Waals surface area contributed by atoms with Crippen LogP contribution in [0.15, 0.2) is 61.2 Å². The summed E-state index contributed by atoms with van der Waals surface area (Å²) < 4.78 is 10.9. The van der Waals surface area contributed by atoms with Gasteiger partial charge in [0.25, 0.3) is 11.6 Å². The summed E-state index contributed by atoms with van der Waals surface area (Å²) in [7, 11) is 0. The number of ether oxygens (including phenoxy) is 2. The molecule has 1 atom stereocenters. The zero-order valence-corrected chi connectivity index (χ0v) is 13.7. The Labute approximate surface area is 145 Å². The van der Waals surface area contributed by atoms with Gasteiger partial charge in [-0.2, -0.15) is 0 Å². The third-order valence-electron chi connectivity index (χ3n) is 3.20. The number of hydrogen-bond donors (Lipinski definition) is 1. The molecule has 0 aliphatic carbocycles. The lowest BCUT2D eigenvalue weighted by atomic mass is 10.2. The molecule has 2 rings (SSSR count). The van der Waals surface area contributed by atoms with E-state index < -0.39 is 11.0 Å². The van der Waals surface area contributed by atoms with Gasteiger partial charge in [-0.05, 0) is 31.2 Å². The Balaban J connectivity index is 1.95. The summed E-state index contributed by atoms with van der Waals surface area (Å²) in [4.78, 5) is 22.3. The van der Waals surface area contributed by atoms with Gasteiger partial charge in [-0.3, -0.25) is 14.9 Å². The van der Waals surface area contributed by atoms with Crippen LogP contribution >= 0.6 is 0 Å². The molecule has 7 heteroatoms. The van der Waals surface area contributed by atoms with Gasteiger partial charge in [0.1, 0.15) is 18.1 Å². The number of carbonyl (C=O) groups is 1. The monoisotopic (exact) mass is 342 g/mol. The summed E-state index contributed by atoms with van der Waals surface area (Å²) in [6.07, 6.45) is 0.852. The summed E-state index contributed by atoms with van der Waals surface area (Å²) in [5.74, 6) is 0.636. The van der Waals surface area contributed by atoms with Crippen LogP contribution in [0, 0.1) is 10.1 Å². The second kappa shape index (κ2) is 8.49. The topological polar surface area (TPSA) is 90.7 Å². The van der Waals surface area contributed by atoms with Crippen LogP contribution in [0.4, 0.5) is 11.4 Å². The highest BCUT2D eigenvalue weighted by Gasteiger charge is 2.16. The third-order valence-corrected chi connectivity index (χ3v) is 3.20. The van der Waals surface area contributed by atoms with E-state index >= 15 is 0 Å². The van der Waals surface area contributed by atoms with Crippen molar-refractivity contribution in [3.05, 3.63) is 71.3 Å². The predicted octanol–water partition coefficient (Wildman–Crippen LogP) is 3.57. The molecule has 0 fully saturated rings. The highest BCUT2D eigenvalue weighted by molar-refractivity contribution is 5.94. The summed E-state index contributed by atoms with van der Waals surface area (Å²) in [6, 6.07) is 12.5. The molecule has 25 heavy (non-hydrogen) atoms. The maximum Gasteiger partial charge on any atom is 0.269 e. The molecule has 0 heterocycles. The number of carbonyl (C=O) groups excluding carboxylic acids is 1. The van der Waals surface area contributed by atoms with Crippen molar-refractivity contribution in [1.82, 2.24) is 0 Å². The minimum absolute atomic E-state index is 0.0409. The Morgan fingerprint density at radius 3 is 2.64 bits per heavy atom. The normalized spacial score (nSPS) is 11.2. The minimum Gasteiger partial charge on any atom is -0.489 e. The molecule has 0 aliphatic rings. The largest absolute Gasteiger partial charge is 0.489 e. The lowest BCUT2D eigenvalue weighted by Gasteiger charge is -2.15. The molecule has 2 aromatic rings. The molecule has 0 aliphatic heterocycles. The Kier molecular flexibility index (Phi) is 6.11.